The van der Waals surface area contributed by atoms with Crippen molar-refractivity contribution in [3.63, 3.8) is 0 Å². The van der Waals surface area contributed by atoms with Gasteiger partial charge >= 0.3 is 0 Å². The molecule has 1 N–H and O–H groups in total. The minimum absolute atomic E-state index is 0.208. The molecule has 2 aromatic heterocycles. The quantitative estimate of drug-likeness (QED) is 0.784. The smallest absolute Gasteiger partial charge is 0.181 e. The number of rotatable bonds is 2. The van der Waals surface area contributed by atoms with Crippen LogP contribution in [0.1, 0.15) is 23.4 Å². The fourth-order valence-corrected chi connectivity index (χ4v) is 3.10. The number of hydrogen-bond acceptors (Lipinski definition) is 5. The molecule has 0 spiro atoms. The van der Waals surface area contributed by atoms with Crippen LogP contribution in [0.2, 0.25) is 0 Å². The molecule has 3 aromatic rings. The van der Waals surface area contributed by atoms with Gasteiger partial charge in [-0.05, 0) is 38.1 Å². The van der Waals surface area contributed by atoms with Crippen LogP contribution in [0.4, 0.5) is 10.1 Å². The molecule has 0 aliphatic carbocycles. The molecule has 1 aliphatic rings. The van der Waals surface area contributed by atoms with Gasteiger partial charge in [-0.15, -0.1) is 0 Å². The first-order chi connectivity index (χ1) is 11.6. The number of anilines is 1. The Kier molecular flexibility index (Phi) is 3.65. The highest BCUT2D eigenvalue weighted by molar-refractivity contribution is 5.92. The number of H-pyrrole nitrogens is 1. The highest BCUT2D eigenvalue weighted by atomic mass is 19.1. The van der Waals surface area contributed by atoms with E-state index in [0.29, 0.717) is 19.0 Å². The Morgan fingerprint density at radius 3 is 2.92 bits per heavy atom. The molecule has 1 fully saturated rings. The zero-order chi connectivity index (χ0) is 16.7. The number of aromatic nitrogens is 4. The van der Waals surface area contributed by atoms with Crippen molar-refractivity contribution in [1.29, 1.82) is 0 Å². The minimum atomic E-state index is -0.260. The second-order valence-electron chi connectivity index (χ2n) is 6.03. The number of pyridine rings is 1. The standard InChI is InChI=1S/C17H18FN5O/c1-10-7-15(13-8-12(18)3-4-14(13)19-10)23-5-6-24-16(9-23)17-20-11(2)21-22-17/h3-4,7-8,16H,5-6,9H2,1-2H3,(H,20,21,22). The molecule has 24 heavy (non-hydrogen) atoms. The van der Waals surface area contributed by atoms with E-state index in [0.717, 1.165) is 34.7 Å². The highest BCUT2D eigenvalue weighted by Gasteiger charge is 2.26. The van der Waals surface area contributed by atoms with Crippen LogP contribution in [0.3, 0.4) is 0 Å². The van der Waals surface area contributed by atoms with Gasteiger partial charge in [-0.25, -0.2) is 9.37 Å². The maximum absolute atomic E-state index is 13.7. The van der Waals surface area contributed by atoms with Crippen LogP contribution < -0.4 is 4.90 Å². The summed E-state index contributed by atoms with van der Waals surface area (Å²) in [4.78, 5) is 11.1. The van der Waals surface area contributed by atoms with E-state index in [-0.39, 0.29) is 11.9 Å². The fraction of sp³-hybridized carbons (Fsp3) is 0.353. The SMILES string of the molecule is Cc1cc(N2CCOC(c3n[nH]c(C)n3)C2)c2cc(F)ccc2n1. The molecular weight excluding hydrogens is 309 g/mol. The minimum Gasteiger partial charge on any atom is -0.366 e. The third kappa shape index (κ3) is 2.71. The Morgan fingerprint density at radius 1 is 1.25 bits per heavy atom. The Morgan fingerprint density at radius 2 is 2.12 bits per heavy atom. The zero-order valence-corrected chi connectivity index (χ0v) is 13.6. The third-order valence-corrected chi connectivity index (χ3v) is 4.19. The second-order valence-corrected chi connectivity index (χ2v) is 6.03. The van der Waals surface area contributed by atoms with Crippen LogP contribution in [0, 0.1) is 19.7 Å². The van der Waals surface area contributed by atoms with Crippen molar-refractivity contribution >= 4 is 16.6 Å². The van der Waals surface area contributed by atoms with Gasteiger partial charge in [-0.2, -0.15) is 5.10 Å². The Balaban J connectivity index is 1.72. The van der Waals surface area contributed by atoms with E-state index in [1.165, 1.54) is 6.07 Å². The van der Waals surface area contributed by atoms with Crippen LogP contribution in [-0.2, 0) is 4.74 Å². The van der Waals surface area contributed by atoms with E-state index < -0.39 is 0 Å². The van der Waals surface area contributed by atoms with Crippen molar-refractivity contribution in [2.24, 2.45) is 0 Å². The summed E-state index contributed by atoms with van der Waals surface area (Å²) in [5.74, 6) is 1.15. The summed E-state index contributed by atoms with van der Waals surface area (Å²) in [7, 11) is 0. The van der Waals surface area contributed by atoms with E-state index in [1.807, 2.05) is 19.9 Å². The van der Waals surface area contributed by atoms with Crippen LogP contribution in [0.15, 0.2) is 24.3 Å². The zero-order valence-electron chi connectivity index (χ0n) is 13.6. The van der Waals surface area contributed by atoms with E-state index in [4.69, 9.17) is 4.74 Å². The van der Waals surface area contributed by atoms with Crippen LogP contribution >= 0.6 is 0 Å². The van der Waals surface area contributed by atoms with Crippen molar-refractivity contribution < 1.29 is 9.13 Å². The Hall–Kier alpha value is -2.54. The summed E-state index contributed by atoms with van der Waals surface area (Å²) < 4.78 is 19.6. The first kappa shape index (κ1) is 15.0. The molecule has 1 saturated heterocycles. The van der Waals surface area contributed by atoms with Gasteiger partial charge in [0.1, 0.15) is 17.7 Å². The number of morpholine rings is 1. The Labute approximate surface area is 138 Å². The molecule has 4 rings (SSSR count). The molecule has 0 bridgehead atoms. The van der Waals surface area contributed by atoms with Crippen LogP contribution in [0.25, 0.3) is 10.9 Å². The number of aryl methyl sites for hydroxylation is 2. The molecule has 7 heteroatoms. The van der Waals surface area contributed by atoms with Crippen molar-refractivity contribution in [2.45, 2.75) is 20.0 Å². The van der Waals surface area contributed by atoms with Crippen LogP contribution in [0.5, 0.6) is 0 Å². The third-order valence-electron chi connectivity index (χ3n) is 4.19. The molecule has 1 aliphatic heterocycles. The van der Waals surface area contributed by atoms with Gasteiger partial charge in [0, 0.05) is 23.3 Å². The molecule has 0 saturated carbocycles. The van der Waals surface area contributed by atoms with Gasteiger partial charge in [0.05, 0.1) is 18.7 Å². The summed E-state index contributed by atoms with van der Waals surface area (Å²) in [6, 6.07) is 6.70. The lowest BCUT2D eigenvalue weighted by atomic mass is 10.1. The van der Waals surface area contributed by atoms with Gasteiger partial charge in [0.15, 0.2) is 5.82 Å². The predicted molar refractivity (Wildman–Crippen MR) is 88.5 cm³/mol. The van der Waals surface area contributed by atoms with Crippen molar-refractivity contribution in [2.75, 3.05) is 24.6 Å². The van der Waals surface area contributed by atoms with Crippen molar-refractivity contribution in [1.82, 2.24) is 20.2 Å². The number of halogens is 1. The van der Waals surface area contributed by atoms with Gasteiger partial charge in [0.2, 0.25) is 0 Å². The van der Waals surface area contributed by atoms with Gasteiger partial charge in [-0.1, -0.05) is 0 Å². The van der Waals surface area contributed by atoms with E-state index >= 15 is 0 Å². The summed E-state index contributed by atoms with van der Waals surface area (Å²) >= 11 is 0. The molecule has 6 nitrogen and oxygen atoms in total. The van der Waals surface area contributed by atoms with Gasteiger partial charge in [-0.3, -0.25) is 10.1 Å². The molecule has 1 atom stereocenters. The van der Waals surface area contributed by atoms with Crippen LogP contribution in [-0.4, -0.2) is 39.9 Å². The molecule has 1 aromatic carbocycles. The maximum Gasteiger partial charge on any atom is 0.181 e. The van der Waals surface area contributed by atoms with E-state index in [1.54, 1.807) is 12.1 Å². The number of fused-ring (bicyclic) bond motifs is 1. The molecular formula is C17H18FN5O. The molecule has 3 heterocycles. The van der Waals surface area contributed by atoms with E-state index in [9.17, 15) is 4.39 Å². The number of nitrogens with one attached hydrogen (secondary N) is 1. The average Bonchev–Trinajstić information content (AvgIpc) is 3.01. The molecule has 0 amide bonds. The topological polar surface area (TPSA) is 66.9 Å². The highest BCUT2D eigenvalue weighted by Crippen LogP contribution is 2.31. The lowest BCUT2D eigenvalue weighted by molar-refractivity contribution is 0.0343. The largest absolute Gasteiger partial charge is 0.366 e. The Bertz CT molecular complexity index is 894. The number of nitrogens with zero attached hydrogens (tertiary/aromatic N) is 4. The molecule has 0 radical (unpaired) electrons. The first-order valence-electron chi connectivity index (χ1n) is 7.92. The number of aromatic amines is 1. The lowest BCUT2D eigenvalue weighted by Gasteiger charge is -2.34. The predicted octanol–water partition coefficient (Wildman–Crippen LogP) is 2.69. The van der Waals surface area contributed by atoms with Gasteiger partial charge < -0.3 is 9.64 Å². The average molecular weight is 327 g/mol. The first-order valence-corrected chi connectivity index (χ1v) is 7.92. The normalized spacial score (nSPS) is 18.3. The maximum atomic E-state index is 13.7. The molecule has 124 valence electrons. The summed E-state index contributed by atoms with van der Waals surface area (Å²) in [6.45, 7) is 5.72. The number of benzene rings is 1. The lowest BCUT2D eigenvalue weighted by Crippen LogP contribution is -2.39. The summed E-state index contributed by atoms with van der Waals surface area (Å²) in [6.07, 6.45) is -0.208. The number of hydrogen-bond donors (Lipinski definition) is 1. The monoisotopic (exact) mass is 327 g/mol. The fourth-order valence-electron chi connectivity index (χ4n) is 3.10. The summed E-state index contributed by atoms with van der Waals surface area (Å²) in [5.41, 5.74) is 2.67. The second kappa shape index (κ2) is 5.83. The summed E-state index contributed by atoms with van der Waals surface area (Å²) in [5, 5.41) is 7.86. The van der Waals surface area contributed by atoms with Crippen molar-refractivity contribution in [3.8, 4) is 0 Å². The number of ether oxygens (including phenoxy) is 1. The van der Waals surface area contributed by atoms with Crippen molar-refractivity contribution in [3.05, 3.63) is 47.4 Å². The van der Waals surface area contributed by atoms with Gasteiger partial charge in [0.25, 0.3) is 0 Å². The van der Waals surface area contributed by atoms with E-state index in [2.05, 4.69) is 25.1 Å². The molecule has 1 unspecified atom stereocenters.